The summed E-state index contributed by atoms with van der Waals surface area (Å²) in [6, 6.07) is 13.1. The Morgan fingerprint density at radius 2 is 1.70 bits per heavy atom. The van der Waals surface area contributed by atoms with Crippen LogP contribution in [-0.4, -0.2) is 50.8 Å². The summed E-state index contributed by atoms with van der Waals surface area (Å²) in [6.45, 7) is 0.679. The minimum Gasteiger partial charge on any atom is -0.493 e. The lowest BCUT2D eigenvalue weighted by atomic mass is 10.1. The summed E-state index contributed by atoms with van der Waals surface area (Å²) in [5.41, 5.74) is 2.58. The molecule has 0 heterocycles. The quantitative estimate of drug-likeness (QED) is 0.713. The monoisotopic (exact) mass is 387 g/mol. The third-order valence-electron chi connectivity index (χ3n) is 3.94. The van der Waals surface area contributed by atoms with Crippen LogP contribution in [0.5, 0.6) is 11.5 Å². The van der Waals surface area contributed by atoms with E-state index >= 15 is 0 Å². The maximum Gasteiger partial charge on any atom is 0.253 e. The van der Waals surface area contributed by atoms with E-state index in [0.29, 0.717) is 28.7 Å². The molecule has 0 aliphatic heterocycles. The molecule has 0 saturated carbocycles. The van der Waals surface area contributed by atoms with Crippen LogP contribution < -0.4 is 20.1 Å². The van der Waals surface area contributed by atoms with Gasteiger partial charge in [0.05, 0.1) is 14.2 Å². The van der Waals surface area contributed by atoms with Crippen molar-refractivity contribution in [2.75, 3.05) is 40.2 Å². The Bertz CT molecular complexity index is 792. The van der Waals surface area contributed by atoms with Crippen molar-refractivity contribution in [2.45, 2.75) is 6.42 Å². The number of hydrogen-bond donors (Lipinski definition) is 2. The van der Waals surface area contributed by atoms with Crippen molar-refractivity contribution in [3.05, 3.63) is 53.6 Å². The first kappa shape index (κ1) is 20.5. The van der Waals surface area contributed by atoms with E-state index < -0.39 is 0 Å². The molecule has 2 aromatic carbocycles. The van der Waals surface area contributed by atoms with Gasteiger partial charge in [-0.2, -0.15) is 0 Å². The van der Waals surface area contributed by atoms with Gasteiger partial charge in [-0.05, 0) is 60.6 Å². The van der Waals surface area contributed by atoms with E-state index in [-0.39, 0.29) is 5.91 Å². The number of thiocarbonyl (C=S) groups is 1. The first-order valence-corrected chi connectivity index (χ1v) is 8.93. The molecular formula is C20H25N3O3S. The Morgan fingerprint density at radius 3 is 2.30 bits per heavy atom. The fourth-order valence-electron chi connectivity index (χ4n) is 2.49. The smallest absolute Gasteiger partial charge is 0.253 e. The molecule has 1 amide bonds. The summed E-state index contributed by atoms with van der Waals surface area (Å²) >= 11 is 5.32. The van der Waals surface area contributed by atoms with Gasteiger partial charge < -0.3 is 25.0 Å². The zero-order valence-electron chi connectivity index (χ0n) is 16.0. The van der Waals surface area contributed by atoms with Gasteiger partial charge in [-0.25, -0.2) is 0 Å². The van der Waals surface area contributed by atoms with Crippen molar-refractivity contribution in [1.82, 2.24) is 10.2 Å². The lowest BCUT2D eigenvalue weighted by Crippen LogP contribution is -2.30. The molecule has 2 N–H and O–H groups in total. The van der Waals surface area contributed by atoms with Gasteiger partial charge in [0, 0.05) is 31.9 Å². The van der Waals surface area contributed by atoms with Gasteiger partial charge in [0.15, 0.2) is 16.6 Å². The molecule has 2 aromatic rings. The normalized spacial score (nSPS) is 10.1. The SMILES string of the molecule is COc1ccc(CCNC(=S)Nc2ccc(C(=O)N(C)C)cc2)cc1OC. The summed E-state index contributed by atoms with van der Waals surface area (Å²) in [7, 11) is 6.69. The Morgan fingerprint density at radius 1 is 1.04 bits per heavy atom. The van der Waals surface area contributed by atoms with Crippen molar-refractivity contribution < 1.29 is 14.3 Å². The highest BCUT2D eigenvalue weighted by atomic mass is 32.1. The van der Waals surface area contributed by atoms with E-state index in [9.17, 15) is 4.79 Å². The number of hydrogen-bond acceptors (Lipinski definition) is 4. The topological polar surface area (TPSA) is 62.8 Å². The molecular weight excluding hydrogens is 362 g/mol. The number of amides is 1. The molecule has 0 spiro atoms. The average molecular weight is 388 g/mol. The van der Waals surface area contributed by atoms with Crippen LogP contribution in [0.3, 0.4) is 0 Å². The predicted molar refractivity (Wildman–Crippen MR) is 112 cm³/mol. The lowest BCUT2D eigenvalue weighted by Gasteiger charge is -2.13. The summed E-state index contributed by atoms with van der Waals surface area (Å²) in [4.78, 5) is 13.4. The molecule has 7 heteroatoms. The van der Waals surface area contributed by atoms with Crippen molar-refractivity contribution >= 4 is 28.9 Å². The van der Waals surface area contributed by atoms with Gasteiger partial charge in [-0.1, -0.05) is 6.07 Å². The molecule has 0 bridgehead atoms. The lowest BCUT2D eigenvalue weighted by molar-refractivity contribution is 0.0827. The molecule has 0 saturated heterocycles. The molecule has 6 nitrogen and oxygen atoms in total. The first-order chi connectivity index (χ1) is 12.9. The third kappa shape index (κ3) is 5.86. The highest BCUT2D eigenvalue weighted by molar-refractivity contribution is 7.80. The maximum absolute atomic E-state index is 11.9. The van der Waals surface area contributed by atoms with Crippen LogP contribution in [0.15, 0.2) is 42.5 Å². The van der Waals surface area contributed by atoms with E-state index in [2.05, 4.69) is 10.6 Å². The van der Waals surface area contributed by atoms with Crippen LogP contribution in [0.1, 0.15) is 15.9 Å². The zero-order chi connectivity index (χ0) is 19.8. The second kappa shape index (κ2) is 9.78. The number of carbonyl (C=O) groups excluding carboxylic acids is 1. The third-order valence-corrected chi connectivity index (χ3v) is 4.19. The molecule has 0 aromatic heterocycles. The number of rotatable bonds is 7. The van der Waals surface area contributed by atoms with E-state index in [4.69, 9.17) is 21.7 Å². The van der Waals surface area contributed by atoms with E-state index in [1.54, 1.807) is 45.3 Å². The van der Waals surface area contributed by atoms with E-state index in [0.717, 1.165) is 17.7 Å². The van der Waals surface area contributed by atoms with Crippen LogP contribution in [0.25, 0.3) is 0 Å². The molecule has 2 rings (SSSR count). The number of benzene rings is 2. The van der Waals surface area contributed by atoms with E-state index in [1.165, 1.54) is 0 Å². The highest BCUT2D eigenvalue weighted by Gasteiger charge is 2.08. The minimum absolute atomic E-state index is 0.0304. The van der Waals surface area contributed by atoms with Crippen LogP contribution in [0.4, 0.5) is 5.69 Å². The summed E-state index contributed by atoms with van der Waals surface area (Å²) < 4.78 is 10.6. The molecule has 144 valence electrons. The highest BCUT2D eigenvalue weighted by Crippen LogP contribution is 2.27. The Kier molecular flexibility index (Phi) is 7.43. The number of nitrogens with one attached hydrogen (secondary N) is 2. The summed E-state index contributed by atoms with van der Waals surface area (Å²) in [5, 5.41) is 6.82. The van der Waals surface area contributed by atoms with Crippen LogP contribution >= 0.6 is 12.2 Å². The average Bonchev–Trinajstić information content (AvgIpc) is 2.67. The molecule has 0 radical (unpaired) electrons. The van der Waals surface area contributed by atoms with Gasteiger partial charge in [-0.15, -0.1) is 0 Å². The number of carbonyl (C=O) groups is 1. The van der Waals surface area contributed by atoms with Crippen molar-refractivity contribution in [2.24, 2.45) is 0 Å². The van der Waals surface area contributed by atoms with E-state index in [1.807, 2.05) is 30.3 Å². The number of nitrogens with zero attached hydrogens (tertiary/aromatic N) is 1. The van der Waals surface area contributed by atoms with Gasteiger partial charge in [0.25, 0.3) is 5.91 Å². The molecule has 0 atom stereocenters. The molecule has 0 fully saturated rings. The first-order valence-electron chi connectivity index (χ1n) is 8.52. The Balaban J connectivity index is 1.83. The van der Waals surface area contributed by atoms with Gasteiger partial charge in [0.1, 0.15) is 0 Å². The van der Waals surface area contributed by atoms with Crippen LogP contribution in [0.2, 0.25) is 0 Å². The fourth-order valence-corrected chi connectivity index (χ4v) is 2.71. The number of anilines is 1. The number of ether oxygens (including phenoxy) is 2. The standard InChI is InChI=1S/C20H25N3O3S/c1-23(2)19(24)15-6-8-16(9-7-15)22-20(27)21-12-11-14-5-10-17(25-3)18(13-14)26-4/h5-10,13H,11-12H2,1-4H3,(H2,21,22,27). The summed E-state index contributed by atoms with van der Waals surface area (Å²) in [6.07, 6.45) is 0.790. The second-order valence-electron chi connectivity index (χ2n) is 6.10. The second-order valence-corrected chi connectivity index (χ2v) is 6.51. The molecule has 27 heavy (non-hydrogen) atoms. The largest absolute Gasteiger partial charge is 0.493 e. The molecule has 0 aliphatic carbocycles. The van der Waals surface area contributed by atoms with Crippen molar-refractivity contribution in [1.29, 1.82) is 0 Å². The fraction of sp³-hybridized carbons (Fsp3) is 0.300. The van der Waals surface area contributed by atoms with Gasteiger partial charge in [-0.3, -0.25) is 4.79 Å². The van der Waals surface area contributed by atoms with Crippen molar-refractivity contribution in [3.8, 4) is 11.5 Å². The predicted octanol–water partition coefficient (Wildman–Crippen LogP) is 2.93. The van der Waals surface area contributed by atoms with Gasteiger partial charge >= 0.3 is 0 Å². The van der Waals surface area contributed by atoms with Crippen LogP contribution in [0, 0.1) is 0 Å². The van der Waals surface area contributed by atoms with Gasteiger partial charge in [0.2, 0.25) is 0 Å². The Hall–Kier alpha value is -2.80. The zero-order valence-corrected chi connectivity index (χ0v) is 16.9. The van der Waals surface area contributed by atoms with Crippen LogP contribution in [-0.2, 0) is 6.42 Å². The molecule has 0 unspecified atom stereocenters. The van der Waals surface area contributed by atoms with Crippen molar-refractivity contribution in [3.63, 3.8) is 0 Å². The summed E-state index contributed by atoms with van der Waals surface area (Å²) in [5.74, 6) is 1.39. The maximum atomic E-state index is 11.9. The Labute approximate surface area is 165 Å². The number of methoxy groups -OCH3 is 2. The minimum atomic E-state index is -0.0304. The molecule has 0 aliphatic rings.